The van der Waals surface area contributed by atoms with Crippen LogP contribution in [0.5, 0.6) is 0 Å². The van der Waals surface area contributed by atoms with Crippen molar-refractivity contribution in [3.63, 3.8) is 0 Å². The van der Waals surface area contributed by atoms with Crippen LogP contribution in [0.3, 0.4) is 0 Å². The van der Waals surface area contributed by atoms with E-state index in [9.17, 15) is 4.79 Å². The highest BCUT2D eigenvalue weighted by molar-refractivity contribution is 6.31. The molecule has 19 heavy (non-hydrogen) atoms. The third-order valence-corrected chi connectivity index (χ3v) is 4.20. The van der Waals surface area contributed by atoms with Crippen LogP contribution in [-0.2, 0) is 4.79 Å². The van der Waals surface area contributed by atoms with E-state index in [1.54, 1.807) is 6.07 Å². The average Bonchev–Trinajstić information content (AvgIpc) is 2.69. The minimum absolute atomic E-state index is 0.0243. The quantitative estimate of drug-likeness (QED) is 0.871. The number of carbonyl (C=O) groups is 1. The third kappa shape index (κ3) is 2.61. The zero-order chi connectivity index (χ0) is 13.4. The molecule has 3 rings (SSSR count). The van der Waals surface area contributed by atoms with Gasteiger partial charge in [-0.15, -0.1) is 0 Å². The molecule has 1 aromatic rings. The minimum Gasteiger partial charge on any atom is -0.324 e. The maximum Gasteiger partial charge on any atom is 0.246 e. The lowest BCUT2D eigenvalue weighted by atomic mass is 10.0. The number of hydrogen-bond acceptors (Lipinski definition) is 3. The number of likely N-dealkylation sites (tertiary alicyclic amines) is 1. The Morgan fingerprint density at radius 1 is 1.37 bits per heavy atom. The molecule has 0 bridgehead atoms. The fourth-order valence-electron chi connectivity index (χ4n) is 2.81. The van der Waals surface area contributed by atoms with Crippen LogP contribution in [0.15, 0.2) is 18.2 Å². The van der Waals surface area contributed by atoms with Gasteiger partial charge in [-0.2, -0.15) is 0 Å². The topological polar surface area (TPSA) is 44.4 Å². The zero-order valence-corrected chi connectivity index (χ0v) is 11.7. The van der Waals surface area contributed by atoms with Crippen LogP contribution in [0.2, 0.25) is 5.02 Å². The summed E-state index contributed by atoms with van der Waals surface area (Å²) in [7, 11) is 2.13. The Labute approximate surface area is 118 Å². The van der Waals surface area contributed by atoms with Crippen LogP contribution < -0.4 is 10.6 Å². The molecular weight excluding hydrogens is 262 g/mol. The van der Waals surface area contributed by atoms with Crippen LogP contribution >= 0.6 is 11.6 Å². The van der Waals surface area contributed by atoms with Crippen LogP contribution in [0.1, 0.15) is 24.4 Å². The summed E-state index contributed by atoms with van der Waals surface area (Å²) in [6.07, 6.45) is 2.16. The number of fused-ring (bicyclic) bond motifs is 1. The lowest BCUT2D eigenvalue weighted by Gasteiger charge is -2.31. The molecule has 1 aromatic carbocycles. The number of nitrogens with one attached hydrogen (secondary N) is 2. The molecule has 5 heteroatoms. The van der Waals surface area contributed by atoms with Gasteiger partial charge in [0.25, 0.3) is 0 Å². The van der Waals surface area contributed by atoms with E-state index in [0.717, 1.165) is 37.2 Å². The van der Waals surface area contributed by atoms with Crippen LogP contribution in [-0.4, -0.2) is 37.0 Å². The second-order valence-electron chi connectivity index (χ2n) is 5.40. The van der Waals surface area contributed by atoms with Gasteiger partial charge in [-0.3, -0.25) is 10.1 Å². The van der Waals surface area contributed by atoms with Gasteiger partial charge in [0.2, 0.25) is 5.91 Å². The van der Waals surface area contributed by atoms with Crippen molar-refractivity contribution >= 4 is 23.2 Å². The third-order valence-electron chi connectivity index (χ3n) is 3.97. The molecule has 2 N–H and O–H groups in total. The molecule has 2 aliphatic heterocycles. The lowest BCUT2D eigenvalue weighted by molar-refractivity contribution is -0.118. The van der Waals surface area contributed by atoms with Crippen molar-refractivity contribution in [2.45, 2.75) is 24.9 Å². The number of nitrogens with zero attached hydrogens (tertiary/aromatic N) is 1. The molecule has 4 nitrogen and oxygen atoms in total. The molecule has 1 amide bonds. The van der Waals surface area contributed by atoms with Gasteiger partial charge in [-0.1, -0.05) is 11.6 Å². The predicted molar refractivity (Wildman–Crippen MR) is 76.5 cm³/mol. The summed E-state index contributed by atoms with van der Waals surface area (Å²) in [5.74, 6) is 0.0243. The summed E-state index contributed by atoms with van der Waals surface area (Å²) in [5.41, 5.74) is 1.84. The monoisotopic (exact) mass is 279 g/mol. The number of anilines is 1. The van der Waals surface area contributed by atoms with E-state index in [1.165, 1.54) is 0 Å². The molecule has 102 valence electrons. The molecule has 0 radical (unpaired) electrons. The molecule has 0 aliphatic carbocycles. The molecule has 1 atom stereocenters. The first-order valence-electron chi connectivity index (χ1n) is 6.68. The minimum atomic E-state index is -0.262. The van der Waals surface area contributed by atoms with E-state index in [-0.39, 0.29) is 11.9 Å². The van der Waals surface area contributed by atoms with E-state index >= 15 is 0 Å². The molecule has 1 unspecified atom stereocenters. The molecule has 1 fully saturated rings. The number of carbonyl (C=O) groups excluding carboxylic acids is 1. The lowest BCUT2D eigenvalue weighted by Crippen LogP contribution is -2.43. The summed E-state index contributed by atoms with van der Waals surface area (Å²) in [6, 6.07) is 5.69. The van der Waals surface area contributed by atoms with Crippen molar-refractivity contribution in [3.05, 3.63) is 28.8 Å². The Morgan fingerprint density at radius 3 is 2.84 bits per heavy atom. The van der Waals surface area contributed by atoms with Crippen molar-refractivity contribution in [1.29, 1.82) is 0 Å². The fourth-order valence-corrected chi connectivity index (χ4v) is 2.99. The standard InChI is InChI=1S/C14H18ClN3O/c1-18-6-4-10(5-7-18)16-13-11-8-9(15)2-3-12(11)17-14(13)19/h2-3,8,10,13,16H,4-7H2,1H3,(H,17,19). The van der Waals surface area contributed by atoms with Gasteiger partial charge in [0, 0.05) is 22.3 Å². The first-order chi connectivity index (χ1) is 9.13. The van der Waals surface area contributed by atoms with E-state index in [0.29, 0.717) is 11.1 Å². The van der Waals surface area contributed by atoms with Gasteiger partial charge in [0.1, 0.15) is 6.04 Å². The van der Waals surface area contributed by atoms with Crippen LogP contribution in [0.25, 0.3) is 0 Å². The molecule has 0 aromatic heterocycles. The molecule has 0 saturated carbocycles. The van der Waals surface area contributed by atoms with Crippen molar-refractivity contribution < 1.29 is 4.79 Å². The normalized spacial score (nSPS) is 24.3. The summed E-state index contributed by atoms with van der Waals surface area (Å²) in [4.78, 5) is 14.4. The van der Waals surface area contributed by atoms with Gasteiger partial charge in [-0.25, -0.2) is 0 Å². The number of amides is 1. The summed E-state index contributed by atoms with van der Waals surface area (Å²) in [5, 5.41) is 7.05. The number of rotatable bonds is 2. The van der Waals surface area contributed by atoms with Gasteiger partial charge < -0.3 is 10.2 Å². The highest BCUT2D eigenvalue weighted by Gasteiger charge is 2.32. The van der Waals surface area contributed by atoms with Crippen molar-refractivity contribution in [3.8, 4) is 0 Å². The summed E-state index contributed by atoms with van der Waals surface area (Å²) in [6.45, 7) is 2.16. The Morgan fingerprint density at radius 2 is 2.11 bits per heavy atom. The first-order valence-corrected chi connectivity index (χ1v) is 7.06. The predicted octanol–water partition coefficient (Wildman–Crippen LogP) is 2.02. The Balaban J connectivity index is 1.75. The highest BCUT2D eigenvalue weighted by atomic mass is 35.5. The maximum atomic E-state index is 12.1. The molecule has 0 spiro atoms. The molecular formula is C14H18ClN3O. The van der Waals surface area contributed by atoms with Crippen molar-refractivity contribution in [2.24, 2.45) is 0 Å². The summed E-state index contributed by atoms with van der Waals surface area (Å²) >= 11 is 6.02. The van der Waals surface area contributed by atoms with Crippen LogP contribution in [0.4, 0.5) is 5.69 Å². The molecule has 1 saturated heterocycles. The Bertz CT molecular complexity index is 497. The van der Waals surface area contributed by atoms with E-state index in [2.05, 4.69) is 22.6 Å². The van der Waals surface area contributed by atoms with E-state index in [4.69, 9.17) is 11.6 Å². The smallest absolute Gasteiger partial charge is 0.246 e. The second-order valence-corrected chi connectivity index (χ2v) is 5.83. The summed E-state index contributed by atoms with van der Waals surface area (Å²) < 4.78 is 0. The molecule has 2 heterocycles. The van der Waals surface area contributed by atoms with Gasteiger partial charge in [0.15, 0.2) is 0 Å². The average molecular weight is 280 g/mol. The Kier molecular flexibility index (Phi) is 3.48. The van der Waals surface area contributed by atoms with Gasteiger partial charge in [-0.05, 0) is 51.2 Å². The number of piperidine rings is 1. The van der Waals surface area contributed by atoms with E-state index in [1.807, 2.05) is 12.1 Å². The van der Waals surface area contributed by atoms with Crippen LogP contribution in [0, 0.1) is 0 Å². The maximum absolute atomic E-state index is 12.1. The Hall–Kier alpha value is -1.10. The second kappa shape index (κ2) is 5.12. The number of benzene rings is 1. The highest BCUT2D eigenvalue weighted by Crippen LogP contribution is 2.33. The first kappa shape index (κ1) is 12.9. The fraction of sp³-hybridized carbons (Fsp3) is 0.500. The zero-order valence-electron chi connectivity index (χ0n) is 10.9. The van der Waals surface area contributed by atoms with E-state index < -0.39 is 0 Å². The van der Waals surface area contributed by atoms with Crippen molar-refractivity contribution in [1.82, 2.24) is 10.2 Å². The van der Waals surface area contributed by atoms with Gasteiger partial charge in [0.05, 0.1) is 0 Å². The van der Waals surface area contributed by atoms with Crippen molar-refractivity contribution in [2.75, 3.05) is 25.5 Å². The van der Waals surface area contributed by atoms with Gasteiger partial charge >= 0.3 is 0 Å². The SMILES string of the molecule is CN1CCC(NC2C(=O)Nc3ccc(Cl)cc32)CC1. The number of halogens is 1. The molecule has 2 aliphatic rings. The largest absolute Gasteiger partial charge is 0.324 e. The number of hydrogen-bond donors (Lipinski definition) is 2.